The lowest BCUT2D eigenvalue weighted by Gasteiger charge is -2.04. The Labute approximate surface area is 139 Å². The smallest absolute Gasteiger partial charge is 0.434 e. The summed E-state index contributed by atoms with van der Waals surface area (Å²) < 4.78 is 4.24. The number of carbonyl (C=O) groups excluding carboxylic acids is 2. The van der Waals surface area contributed by atoms with Gasteiger partial charge in [-0.3, -0.25) is 0 Å². The summed E-state index contributed by atoms with van der Waals surface area (Å²) in [7, 11) is 6.36. The number of rotatable bonds is 2. The van der Waals surface area contributed by atoms with Crippen molar-refractivity contribution in [2.75, 3.05) is 33.6 Å². The van der Waals surface area contributed by atoms with Gasteiger partial charge in [0.15, 0.2) is 0 Å². The molecular weight excluding hydrogens is 331 g/mol. The van der Waals surface area contributed by atoms with E-state index in [0.717, 1.165) is 0 Å². The number of aliphatic imine (C=N–C) groups is 1. The van der Waals surface area contributed by atoms with E-state index in [2.05, 4.69) is 20.4 Å². The number of nitrogens with zero attached hydrogens (tertiary/aromatic N) is 2. The molecule has 0 radical (unpaired) electrons. The SMILES string of the molecule is CNC(=O)Nc1ccc(Cl)c(Cl)c1.COC(=O)N=CN(C)C. The number of nitrogens with one attached hydrogen (secondary N) is 2. The maximum atomic E-state index is 10.9. The van der Waals surface area contributed by atoms with Gasteiger partial charge in [0.05, 0.1) is 23.5 Å². The largest absolute Gasteiger partial charge is 0.451 e. The number of urea groups is 1. The third kappa shape index (κ3) is 9.04. The van der Waals surface area contributed by atoms with Gasteiger partial charge in [-0.1, -0.05) is 23.2 Å². The fourth-order valence-corrected chi connectivity index (χ4v) is 1.28. The molecule has 0 saturated carbocycles. The van der Waals surface area contributed by atoms with Crippen molar-refractivity contribution in [3.05, 3.63) is 28.2 Å². The molecule has 0 aromatic heterocycles. The van der Waals surface area contributed by atoms with E-state index in [1.165, 1.54) is 20.5 Å². The van der Waals surface area contributed by atoms with Crippen molar-refractivity contribution in [2.24, 2.45) is 4.99 Å². The van der Waals surface area contributed by atoms with Crippen molar-refractivity contribution >= 4 is 47.4 Å². The third-order valence-corrected chi connectivity index (χ3v) is 2.71. The first kappa shape index (κ1) is 20.0. The molecule has 3 amide bonds. The predicted octanol–water partition coefficient (Wildman–Crippen LogP) is 3.09. The van der Waals surface area contributed by atoms with E-state index in [4.69, 9.17) is 23.2 Å². The van der Waals surface area contributed by atoms with Gasteiger partial charge in [0.25, 0.3) is 0 Å². The monoisotopic (exact) mass is 348 g/mol. The standard InChI is InChI=1S/C8H8Cl2N2O.C5H10N2O2/c1-11-8(13)12-5-2-3-6(9)7(10)4-5;1-7(2)4-6-5(8)9-3/h2-4H,1H3,(H2,11,12,13);4H,1-3H3. The van der Waals surface area contributed by atoms with Gasteiger partial charge in [-0.05, 0) is 18.2 Å². The van der Waals surface area contributed by atoms with Crippen molar-refractivity contribution in [2.45, 2.75) is 0 Å². The van der Waals surface area contributed by atoms with Gasteiger partial charge in [-0.2, -0.15) is 4.99 Å². The molecule has 0 fully saturated rings. The summed E-state index contributed by atoms with van der Waals surface area (Å²) in [4.78, 5) is 26.2. The molecule has 0 atom stereocenters. The molecule has 0 heterocycles. The fourth-order valence-electron chi connectivity index (χ4n) is 0.983. The van der Waals surface area contributed by atoms with E-state index in [1.807, 2.05) is 0 Å². The average Bonchev–Trinajstić information content (AvgIpc) is 2.49. The number of carbonyl (C=O) groups is 2. The Morgan fingerprint density at radius 2 is 1.91 bits per heavy atom. The van der Waals surface area contributed by atoms with Crippen molar-refractivity contribution in [1.29, 1.82) is 0 Å². The minimum atomic E-state index is -0.580. The molecule has 0 aliphatic heterocycles. The number of hydrogen-bond acceptors (Lipinski definition) is 3. The van der Waals surface area contributed by atoms with Crippen LogP contribution < -0.4 is 10.6 Å². The van der Waals surface area contributed by atoms with Crippen LogP contribution in [-0.2, 0) is 4.74 Å². The lowest BCUT2D eigenvalue weighted by atomic mass is 10.3. The van der Waals surface area contributed by atoms with Gasteiger partial charge in [-0.25, -0.2) is 9.59 Å². The summed E-state index contributed by atoms with van der Waals surface area (Å²) in [5, 5.41) is 5.86. The highest BCUT2D eigenvalue weighted by molar-refractivity contribution is 6.42. The van der Waals surface area contributed by atoms with Crippen LogP contribution in [0.25, 0.3) is 0 Å². The zero-order valence-electron chi connectivity index (χ0n) is 12.7. The fraction of sp³-hybridized carbons (Fsp3) is 0.308. The van der Waals surface area contributed by atoms with Crippen molar-refractivity contribution in [3.63, 3.8) is 0 Å². The van der Waals surface area contributed by atoms with Crippen molar-refractivity contribution in [1.82, 2.24) is 10.2 Å². The van der Waals surface area contributed by atoms with Crippen LogP contribution in [0.4, 0.5) is 15.3 Å². The molecule has 0 unspecified atom stereocenters. The van der Waals surface area contributed by atoms with Crippen LogP contribution in [0, 0.1) is 0 Å². The van der Waals surface area contributed by atoms with Crippen LogP contribution in [-0.4, -0.2) is 51.6 Å². The maximum absolute atomic E-state index is 10.9. The molecule has 9 heteroatoms. The van der Waals surface area contributed by atoms with Gasteiger partial charge in [0.1, 0.15) is 0 Å². The Morgan fingerprint density at radius 1 is 1.27 bits per heavy atom. The first-order valence-corrected chi connectivity index (χ1v) is 6.78. The Bertz CT molecular complexity index is 536. The number of hydrogen-bond donors (Lipinski definition) is 2. The molecule has 0 bridgehead atoms. The highest BCUT2D eigenvalue weighted by atomic mass is 35.5. The molecule has 122 valence electrons. The molecule has 1 aromatic carbocycles. The Balaban J connectivity index is 0.000000433. The van der Waals surface area contributed by atoms with Crippen LogP contribution in [0.5, 0.6) is 0 Å². The van der Waals surface area contributed by atoms with Crippen LogP contribution in [0.15, 0.2) is 23.2 Å². The Kier molecular flexibility index (Phi) is 9.73. The minimum absolute atomic E-state index is 0.293. The van der Waals surface area contributed by atoms with E-state index >= 15 is 0 Å². The summed E-state index contributed by atoms with van der Waals surface area (Å²) in [6, 6.07) is 4.58. The first-order valence-electron chi connectivity index (χ1n) is 6.02. The number of amides is 3. The number of methoxy groups -OCH3 is 1. The molecule has 1 rings (SSSR count). The number of halogens is 2. The Morgan fingerprint density at radius 3 is 2.36 bits per heavy atom. The number of anilines is 1. The van der Waals surface area contributed by atoms with E-state index in [1.54, 1.807) is 37.2 Å². The number of benzene rings is 1. The predicted molar refractivity (Wildman–Crippen MR) is 89.1 cm³/mol. The molecule has 0 spiro atoms. The van der Waals surface area contributed by atoms with Gasteiger partial charge >= 0.3 is 12.1 Å². The summed E-state index contributed by atoms with van der Waals surface area (Å²) >= 11 is 11.4. The second-order valence-corrected chi connectivity index (χ2v) is 4.83. The minimum Gasteiger partial charge on any atom is -0.451 e. The van der Waals surface area contributed by atoms with E-state index < -0.39 is 6.09 Å². The summed E-state index contributed by atoms with van der Waals surface area (Å²) in [5.41, 5.74) is 0.605. The highest BCUT2D eigenvalue weighted by Gasteiger charge is 2.01. The lowest BCUT2D eigenvalue weighted by Crippen LogP contribution is -2.24. The molecular formula is C13H18Cl2N4O3. The first-order chi connectivity index (χ1) is 10.3. The van der Waals surface area contributed by atoms with Crippen LogP contribution in [0.1, 0.15) is 0 Å². The second kappa shape index (κ2) is 10.7. The molecule has 7 nitrogen and oxygen atoms in total. The molecule has 0 aliphatic carbocycles. The molecule has 2 N–H and O–H groups in total. The normalized spacial score (nSPS) is 9.55. The van der Waals surface area contributed by atoms with E-state index in [9.17, 15) is 9.59 Å². The summed E-state index contributed by atoms with van der Waals surface area (Å²) in [6.07, 6.45) is 0.801. The van der Waals surface area contributed by atoms with E-state index in [-0.39, 0.29) is 6.03 Å². The average molecular weight is 349 g/mol. The molecule has 22 heavy (non-hydrogen) atoms. The third-order valence-electron chi connectivity index (χ3n) is 1.97. The highest BCUT2D eigenvalue weighted by Crippen LogP contribution is 2.24. The molecule has 0 aliphatic rings. The van der Waals surface area contributed by atoms with Crippen molar-refractivity contribution < 1.29 is 14.3 Å². The Hall–Kier alpha value is -1.99. The summed E-state index contributed by atoms with van der Waals surface area (Å²) in [5.74, 6) is 0. The van der Waals surface area contributed by atoms with Crippen molar-refractivity contribution in [3.8, 4) is 0 Å². The van der Waals surface area contributed by atoms with E-state index in [0.29, 0.717) is 15.7 Å². The molecule has 1 aromatic rings. The number of ether oxygens (including phenoxy) is 1. The van der Waals surface area contributed by atoms with Gasteiger partial charge in [0, 0.05) is 26.8 Å². The quantitative estimate of drug-likeness (QED) is 0.635. The molecule has 0 saturated heterocycles. The van der Waals surface area contributed by atoms with Gasteiger partial charge in [-0.15, -0.1) is 0 Å². The lowest BCUT2D eigenvalue weighted by molar-refractivity contribution is 0.182. The second-order valence-electron chi connectivity index (χ2n) is 4.01. The zero-order valence-corrected chi connectivity index (χ0v) is 14.2. The summed E-state index contributed by atoms with van der Waals surface area (Å²) in [6.45, 7) is 0. The van der Waals surface area contributed by atoms with Gasteiger partial charge < -0.3 is 20.3 Å². The topological polar surface area (TPSA) is 83.0 Å². The van der Waals surface area contributed by atoms with Crippen LogP contribution in [0.3, 0.4) is 0 Å². The van der Waals surface area contributed by atoms with Gasteiger partial charge in [0.2, 0.25) is 0 Å². The zero-order chi connectivity index (χ0) is 17.1. The van der Waals surface area contributed by atoms with Crippen LogP contribution in [0.2, 0.25) is 10.0 Å². The van der Waals surface area contributed by atoms with Crippen LogP contribution >= 0.6 is 23.2 Å². The maximum Gasteiger partial charge on any atom is 0.434 e.